The summed E-state index contributed by atoms with van der Waals surface area (Å²) < 4.78 is 5.94. The average molecular weight is 393 g/mol. The highest BCUT2D eigenvalue weighted by molar-refractivity contribution is 5.82. The first-order chi connectivity index (χ1) is 14.2. The number of aliphatic imine (C=N–C) groups is 1. The number of carboxylic acid groups (broad SMARTS) is 1. The van der Waals surface area contributed by atoms with E-state index < -0.39 is 6.09 Å². The van der Waals surface area contributed by atoms with Crippen LogP contribution < -0.4 is 10.2 Å². The number of ether oxygens (including phenoxy) is 1. The highest BCUT2D eigenvalue weighted by Crippen LogP contribution is 2.21. The Balaban J connectivity index is 1.32. The quantitative estimate of drug-likeness (QED) is 0.818. The third-order valence-electron chi connectivity index (χ3n) is 4.77. The Kier molecular flexibility index (Phi) is 5.51. The lowest BCUT2D eigenvalue weighted by Gasteiger charge is -2.31. The molecule has 1 aromatic rings. The molecule has 1 amide bonds. The molecule has 0 fully saturated rings. The molecule has 3 aliphatic heterocycles. The van der Waals surface area contributed by atoms with E-state index in [-0.39, 0.29) is 0 Å². The average Bonchev–Trinajstić information content (AvgIpc) is 2.76. The van der Waals surface area contributed by atoms with Crippen LogP contribution in [-0.4, -0.2) is 58.1 Å². The maximum Gasteiger partial charge on any atom is 0.407 e. The van der Waals surface area contributed by atoms with Crippen LogP contribution >= 0.6 is 0 Å². The van der Waals surface area contributed by atoms with Crippen molar-refractivity contribution in [3.63, 3.8) is 0 Å². The molecular formula is C21H23N5O3. The number of nitrogens with one attached hydrogen (secondary N) is 1. The minimum atomic E-state index is -0.884. The zero-order valence-corrected chi connectivity index (χ0v) is 15.9. The molecule has 0 spiro atoms. The third kappa shape index (κ3) is 4.78. The van der Waals surface area contributed by atoms with Crippen molar-refractivity contribution in [2.24, 2.45) is 4.99 Å². The van der Waals surface area contributed by atoms with Crippen molar-refractivity contribution in [1.29, 1.82) is 0 Å². The fourth-order valence-corrected chi connectivity index (χ4v) is 3.23. The lowest BCUT2D eigenvalue weighted by atomic mass is 10.2. The number of hydrogen-bond donors (Lipinski definition) is 2. The van der Waals surface area contributed by atoms with Crippen LogP contribution in [0, 0.1) is 0 Å². The lowest BCUT2D eigenvalue weighted by Crippen LogP contribution is -2.38. The molecule has 150 valence electrons. The summed E-state index contributed by atoms with van der Waals surface area (Å²) in [6.07, 6.45) is 13.4. The van der Waals surface area contributed by atoms with Gasteiger partial charge in [-0.1, -0.05) is 12.2 Å². The van der Waals surface area contributed by atoms with Gasteiger partial charge in [0.1, 0.15) is 5.75 Å². The topological polar surface area (TPSA) is 80.6 Å². The molecule has 2 N–H and O–H groups in total. The molecule has 8 heteroatoms. The monoisotopic (exact) mass is 393 g/mol. The number of hydrogen-bond acceptors (Lipinski definition) is 6. The first-order valence-electron chi connectivity index (χ1n) is 9.49. The second-order valence-corrected chi connectivity index (χ2v) is 6.78. The Morgan fingerprint density at radius 2 is 2.00 bits per heavy atom. The first kappa shape index (κ1) is 18.7. The number of amides is 1. The van der Waals surface area contributed by atoms with E-state index in [2.05, 4.69) is 16.5 Å². The summed E-state index contributed by atoms with van der Waals surface area (Å²) in [6, 6.07) is 7.73. The fourth-order valence-electron chi connectivity index (χ4n) is 3.23. The largest absolute Gasteiger partial charge is 0.465 e. The smallest absolute Gasteiger partial charge is 0.407 e. The molecule has 0 bridgehead atoms. The van der Waals surface area contributed by atoms with E-state index in [0.717, 1.165) is 17.9 Å². The number of hydrazine groups is 1. The summed E-state index contributed by atoms with van der Waals surface area (Å²) in [5.74, 6) is 1.31. The standard InChI is InChI=1S/C21H23N5O3/c27-21(28)24-13-8-18(9-14-24)25-15-10-22-20(16-25)29-19-6-4-17(5-7-19)23-26-11-2-1-3-12-26/h1-8,10-11,15,23H,9,12-14,16H2,(H,27,28). The van der Waals surface area contributed by atoms with Crippen LogP contribution in [0.2, 0.25) is 0 Å². The summed E-state index contributed by atoms with van der Waals surface area (Å²) in [5, 5.41) is 11.1. The van der Waals surface area contributed by atoms with Crippen LogP contribution in [-0.2, 0) is 0 Å². The fraction of sp³-hybridized carbons (Fsp3) is 0.238. The SMILES string of the molecule is O=C(O)N1CC=C(N2C=CN=C(Oc3ccc(NN4C=CC=CC4)cc3)C2)CC1. The van der Waals surface area contributed by atoms with Gasteiger partial charge in [0.25, 0.3) is 0 Å². The molecule has 0 radical (unpaired) electrons. The zero-order chi connectivity index (χ0) is 20.1. The maximum absolute atomic E-state index is 11.0. The van der Waals surface area contributed by atoms with Crippen LogP contribution in [0.4, 0.5) is 10.5 Å². The number of allylic oxidation sites excluding steroid dienone is 2. The van der Waals surface area contributed by atoms with E-state index >= 15 is 0 Å². The van der Waals surface area contributed by atoms with Gasteiger partial charge in [-0.25, -0.2) is 9.79 Å². The molecule has 0 atom stereocenters. The van der Waals surface area contributed by atoms with E-state index in [1.165, 1.54) is 4.90 Å². The van der Waals surface area contributed by atoms with Gasteiger partial charge < -0.3 is 19.6 Å². The van der Waals surface area contributed by atoms with Gasteiger partial charge >= 0.3 is 6.09 Å². The minimum absolute atomic E-state index is 0.402. The number of carbonyl (C=O) groups is 1. The molecule has 29 heavy (non-hydrogen) atoms. The van der Waals surface area contributed by atoms with Gasteiger partial charge in [-0.3, -0.25) is 10.4 Å². The van der Waals surface area contributed by atoms with E-state index in [4.69, 9.17) is 9.84 Å². The summed E-state index contributed by atoms with van der Waals surface area (Å²) in [4.78, 5) is 18.8. The number of rotatable bonds is 4. The van der Waals surface area contributed by atoms with Gasteiger partial charge in [0, 0.05) is 43.8 Å². The normalized spacial score (nSPS) is 18.4. The summed E-state index contributed by atoms with van der Waals surface area (Å²) in [7, 11) is 0. The Bertz CT molecular complexity index is 901. The van der Waals surface area contributed by atoms with Crippen LogP contribution in [0.25, 0.3) is 0 Å². The number of anilines is 1. The van der Waals surface area contributed by atoms with Crippen molar-refractivity contribution in [2.75, 3.05) is 31.6 Å². The van der Waals surface area contributed by atoms with Gasteiger partial charge in [-0.15, -0.1) is 0 Å². The molecule has 8 nitrogen and oxygen atoms in total. The summed E-state index contributed by atoms with van der Waals surface area (Å²) >= 11 is 0. The van der Waals surface area contributed by atoms with Crippen molar-refractivity contribution in [3.05, 3.63) is 72.9 Å². The molecular weight excluding hydrogens is 370 g/mol. The Labute approximate surface area is 169 Å². The van der Waals surface area contributed by atoms with E-state index in [0.29, 0.717) is 37.7 Å². The maximum atomic E-state index is 11.0. The molecule has 3 heterocycles. The Morgan fingerprint density at radius 3 is 2.69 bits per heavy atom. The lowest BCUT2D eigenvalue weighted by molar-refractivity contribution is 0.147. The summed E-state index contributed by atoms with van der Waals surface area (Å²) in [6.45, 7) is 2.22. The molecule has 0 aromatic heterocycles. The second kappa shape index (κ2) is 8.55. The van der Waals surface area contributed by atoms with E-state index in [1.807, 2.05) is 64.8 Å². The predicted molar refractivity (Wildman–Crippen MR) is 111 cm³/mol. The Hall–Kier alpha value is -3.68. The van der Waals surface area contributed by atoms with E-state index in [1.54, 1.807) is 6.20 Å². The molecule has 3 aliphatic rings. The molecule has 0 aliphatic carbocycles. The molecule has 0 saturated heterocycles. The van der Waals surface area contributed by atoms with Crippen LogP contribution in [0.15, 0.2) is 77.9 Å². The Morgan fingerprint density at radius 1 is 1.14 bits per heavy atom. The van der Waals surface area contributed by atoms with Gasteiger partial charge in [0.15, 0.2) is 0 Å². The molecule has 0 unspecified atom stereocenters. The van der Waals surface area contributed by atoms with Gasteiger partial charge in [0.05, 0.1) is 18.8 Å². The summed E-state index contributed by atoms with van der Waals surface area (Å²) in [5.41, 5.74) is 5.36. The van der Waals surface area contributed by atoms with Gasteiger partial charge in [-0.2, -0.15) is 0 Å². The third-order valence-corrected chi connectivity index (χ3v) is 4.77. The zero-order valence-electron chi connectivity index (χ0n) is 15.9. The highest BCUT2D eigenvalue weighted by atomic mass is 16.5. The molecule has 0 saturated carbocycles. The first-order valence-corrected chi connectivity index (χ1v) is 9.49. The van der Waals surface area contributed by atoms with Crippen molar-refractivity contribution in [1.82, 2.24) is 14.8 Å². The van der Waals surface area contributed by atoms with Crippen LogP contribution in [0.1, 0.15) is 6.42 Å². The van der Waals surface area contributed by atoms with Crippen LogP contribution in [0.3, 0.4) is 0 Å². The van der Waals surface area contributed by atoms with Crippen molar-refractivity contribution < 1.29 is 14.6 Å². The predicted octanol–water partition coefficient (Wildman–Crippen LogP) is 3.23. The van der Waals surface area contributed by atoms with Crippen molar-refractivity contribution in [3.8, 4) is 5.75 Å². The number of nitrogens with zero attached hydrogens (tertiary/aromatic N) is 4. The van der Waals surface area contributed by atoms with Gasteiger partial charge in [-0.05, 0) is 36.4 Å². The van der Waals surface area contributed by atoms with Crippen molar-refractivity contribution >= 4 is 17.7 Å². The molecule has 4 rings (SSSR count). The second-order valence-electron chi connectivity index (χ2n) is 6.78. The van der Waals surface area contributed by atoms with E-state index in [9.17, 15) is 4.79 Å². The van der Waals surface area contributed by atoms with Crippen molar-refractivity contribution in [2.45, 2.75) is 6.42 Å². The molecule has 1 aromatic carbocycles. The highest BCUT2D eigenvalue weighted by Gasteiger charge is 2.21. The van der Waals surface area contributed by atoms with Crippen LogP contribution in [0.5, 0.6) is 5.75 Å². The minimum Gasteiger partial charge on any atom is -0.465 e. The number of benzene rings is 1. The van der Waals surface area contributed by atoms with Gasteiger partial charge in [0.2, 0.25) is 5.90 Å².